The number of aromatic nitrogens is 3. The number of nitrogens with one attached hydrogen (secondary N) is 1. The third-order valence-corrected chi connectivity index (χ3v) is 4.67. The first kappa shape index (κ1) is 18.0. The van der Waals surface area contributed by atoms with E-state index in [4.69, 9.17) is 10.00 Å². The van der Waals surface area contributed by atoms with Crippen LogP contribution in [0, 0.1) is 11.3 Å². The first-order chi connectivity index (χ1) is 13.7. The quantitative estimate of drug-likeness (QED) is 0.712. The molecular formula is C21H20N6O. The molecule has 1 aliphatic heterocycles. The van der Waals surface area contributed by atoms with E-state index in [-0.39, 0.29) is 0 Å². The summed E-state index contributed by atoms with van der Waals surface area (Å²) < 4.78 is 5.29. The number of methoxy groups -OCH3 is 1. The molecule has 1 N–H and O–H groups in total. The average molecular weight is 372 g/mol. The van der Waals surface area contributed by atoms with E-state index in [1.54, 1.807) is 25.6 Å². The van der Waals surface area contributed by atoms with Gasteiger partial charge in [-0.05, 0) is 30.3 Å². The summed E-state index contributed by atoms with van der Waals surface area (Å²) >= 11 is 0. The van der Waals surface area contributed by atoms with Crippen molar-refractivity contribution in [3.8, 4) is 17.3 Å². The SMILES string of the molecule is COC1CN(Cc2ccc(Nc3nccc(-c4cccc(C#N)c4)n3)cn2)C1. The summed E-state index contributed by atoms with van der Waals surface area (Å²) in [7, 11) is 1.75. The highest BCUT2D eigenvalue weighted by atomic mass is 16.5. The predicted octanol–water partition coefficient (Wildman–Crippen LogP) is 2.98. The van der Waals surface area contributed by atoms with Crippen molar-refractivity contribution in [2.24, 2.45) is 0 Å². The second-order valence-electron chi connectivity index (χ2n) is 6.67. The largest absolute Gasteiger partial charge is 0.379 e. The maximum Gasteiger partial charge on any atom is 0.227 e. The Morgan fingerprint density at radius 2 is 2.11 bits per heavy atom. The van der Waals surface area contributed by atoms with Gasteiger partial charge in [0, 0.05) is 38.5 Å². The van der Waals surface area contributed by atoms with Crippen molar-refractivity contribution in [1.29, 1.82) is 5.26 Å². The Labute approximate surface area is 163 Å². The van der Waals surface area contributed by atoms with Gasteiger partial charge in [0.05, 0.1) is 41.0 Å². The first-order valence-electron chi connectivity index (χ1n) is 9.04. The molecule has 0 bridgehead atoms. The van der Waals surface area contributed by atoms with Crippen LogP contribution in [0.1, 0.15) is 11.3 Å². The molecule has 7 heteroatoms. The third-order valence-electron chi connectivity index (χ3n) is 4.67. The second kappa shape index (κ2) is 8.13. The van der Waals surface area contributed by atoms with Crippen LogP contribution in [0.4, 0.5) is 11.6 Å². The second-order valence-corrected chi connectivity index (χ2v) is 6.67. The minimum atomic E-state index is 0.346. The maximum atomic E-state index is 9.07. The number of ether oxygens (including phenoxy) is 1. The minimum absolute atomic E-state index is 0.346. The molecule has 0 amide bonds. The zero-order chi connectivity index (χ0) is 19.3. The van der Waals surface area contributed by atoms with Gasteiger partial charge in [0.15, 0.2) is 0 Å². The van der Waals surface area contributed by atoms with E-state index in [2.05, 4.69) is 31.2 Å². The Kier molecular flexibility index (Phi) is 5.24. The normalized spacial score (nSPS) is 14.3. The van der Waals surface area contributed by atoms with Gasteiger partial charge in [0.2, 0.25) is 5.95 Å². The number of hydrogen-bond acceptors (Lipinski definition) is 7. The summed E-state index contributed by atoms with van der Waals surface area (Å²) in [5, 5.41) is 12.3. The lowest BCUT2D eigenvalue weighted by molar-refractivity contribution is -0.0339. The molecule has 1 aliphatic rings. The molecule has 3 heterocycles. The number of anilines is 2. The van der Waals surface area contributed by atoms with Crippen LogP contribution in [-0.2, 0) is 11.3 Å². The Balaban J connectivity index is 1.42. The lowest BCUT2D eigenvalue weighted by Crippen LogP contribution is -2.51. The highest BCUT2D eigenvalue weighted by Gasteiger charge is 2.26. The summed E-state index contributed by atoms with van der Waals surface area (Å²) in [6, 6.07) is 15.3. The van der Waals surface area contributed by atoms with Crippen molar-refractivity contribution in [3.63, 3.8) is 0 Å². The molecule has 3 aromatic rings. The fourth-order valence-electron chi connectivity index (χ4n) is 3.08. The van der Waals surface area contributed by atoms with Crippen molar-refractivity contribution in [3.05, 3.63) is 66.1 Å². The predicted molar refractivity (Wildman–Crippen MR) is 106 cm³/mol. The van der Waals surface area contributed by atoms with Gasteiger partial charge < -0.3 is 10.1 Å². The number of nitrogens with zero attached hydrogens (tertiary/aromatic N) is 5. The van der Waals surface area contributed by atoms with Crippen molar-refractivity contribution in [2.45, 2.75) is 12.6 Å². The van der Waals surface area contributed by atoms with Gasteiger partial charge in [-0.3, -0.25) is 9.88 Å². The van der Waals surface area contributed by atoms with Crippen LogP contribution < -0.4 is 5.32 Å². The molecule has 2 aromatic heterocycles. The Morgan fingerprint density at radius 1 is 1.21 bits per heavy atom. The maximum absolute atomic E-state index is 9.07. The van der Waals surface area contributed by atoms with Crippen LogP contribution in [0.3, 0.4) is 0 Å². The summed E-state index contributed by atoms with van der Waals surface area (Å²) in [6.07, 6.45) is 3.83. The smallest absolute Gasteiger partial charge is 0.227 e. The molecule has 1 saturated heterocycles. The lowest BCUT2D eigenvalue weighted by Gasteiger charge is -2.37. The molecule has 4 rings (SSSR count). The van der Waals surface area contributed by atoms with Crippen LogP contribution in [0.2, 0.25) is 0 Å². The van der Waals surface area contributed by atoms with Gasteiger partial charge in [-0.1, -0.05) is 12.1 Å². The average Bonchev–Trinajstić information content (AvgIpc) is 2.72. The minimum Gasteiger partial charge on any atom is -0.379 e. The van der Waals surface area contributed by atoms with Gasteiger partial charge in [-0.15, -0.1) is 0 Å². The van der Waals surface area contributed by atoms with Crippen molar-refractivity contribution in [1.82, 2.24) is 19.9 Å². The zero-order valence-electron chi connectivity index (χ0n) is 15.5. The van der Waals surface area contributed by atoms with Crippen LogP contribution in [0.15, 0.2) is 54.9 Å². The van der Waals surface area contributed by atoms with E-state index in [9.17, 15) is 0 Å². The van der Waals surface area contributed by atoms with E-state index in [0.29, 0.717) is 17.6 Å². The summed E-state index contributed by atoms with van der Waals surface area (Å²) in [5.74, 6) is 0.486. The van der Waals surface area contributed by atoms with Gasteiger partial charge in [-0.25, -0.2) is 9.97 Å². The van der Waals surface area contributed by atoms with Crippen LogP contribution >= 0.6 is 0 Å². The molecule has 140 valence electrons. The Bertz CT molecular complexity index is 992. The van der Waals surface area contributed by atoms with Crippen molar-refractivity contribution < 1.29 is 4.74 Å². The number of rotatable bonds is 6. The fourth-order valence-corrected chi connectivity index (χ4v) is 3.08. The number of benzene rings is 1. The van der Waals surface area contributed by atoms with Crippen LogP contribution in [-0.4, -0.2) is 46.2 Å². The molecule has 0 spiro atoms. The molecule has 0 unspecified atom stereocenters. The van der Waals surface area contributed by atoms with Crippen molar-refractivity contribution in [2.75, 3.05) is 25.5 Å². The van der Waals surface area contributed by atoms with E-state index >= 15 is 0 Å². The van der Waals surface area contributed by atoms with Crippen LogP contribution in [0.5, 0.6) is 0 Å². The summed E-state index contributed by atoms with van der Waals surface area (Å²) in [4.78, 5) is 15.6. The molecule has 0 atom stereocenters. The molecule has 0 saturated carbocycles. The molecule has 7 nitrogen and oxygen atoms in total. The summed E-state index contributed by atoms with van der Waals surface area (Å²) in [5.41, 5.74) is 4.07. The number of nitriles is 1. The van der Waals surface area contributed by atoms with Gasteiger partial charge >= 0.3 is 0 Å². The van der Waals surface area contributed by atoms with Crippen LogP contribution in [0.25, 0.3) is 11.3 Å². The van der Waals surface area contributed by atoms with E-state index in [0.717, 1.165) is 42.3 Å². The third kappa shape index (κ3) is 4.14. The molecule has 0 radical (unpaired) electrons. The lowest BCUT2D eigenvalue weighted by atomic mass is 10.1. The fraction of sp³-hybridized carbons (Fsp3) is 0.238. The standard InChI is InChI=1S/C21H20N6O/c1-28-19-13-27(14-19)12-18-6-5-17(11-24-18)25-21-23-8-7-20(26-21)16-4-2-3-15(9-16)10-22/h2-9,11,19H,12-14H2,1H3,(H,23,25,26). The summed E-state index contributed by atoms with van der Waals surface area (Å²) in [6.45, 7) is 2.72. The monoisotopic (exact) mass is 372 g/mol. The van der Waals surface area contributed by atoms with E-state index in [1.807, 2.05) is 36.4 Å². The topological polar surface area (TPSA) is 87.0 Å². The number of likely N-dealkylation sites (tertiary alicyclic amines) is 1. The molecule has 28 heavy (non-hydrogen) atoms. The highest BCUT2D eigenvalue weighted by Crippen LogP contribution is 2.21. The van der Waals surface area contributed by atoms with Gasteiger partial charge in [0.25, 0.3) is 0 Å². The number of pyridine rings is 1. The first-order valence-corrected chi connectivity index (χ1v) is 9.04. The number of hydrogen-bond donors (Lipinski definition) is 1. The van der Waals surface area contributed by atoms with Gasteiger partial charge in [-0.2, -0.15) is 5.26 Å². The molecule has 1 fully saturated rings. The van der Waals surface area contributed by atoms with Crippen molar-refractivity contribution >= 4 is 11.6 Å². The Hall–Kier alpha value is -3.34. The Morgan fingerprint density at radius 3 is 2.86 bits per heavy atom. The molecule has 0 aliphatic carbocycles. The van der Waals surface area contributed by atoms with E-state index < -0.39 is 0 Å². The zero-order valence-corrected chi connectivity index (χ0v) is 15.5. The molecule has 1 aromatic carbocycles. The van der Waals surface area contributed by atoms with Gasteiger partial charge in [0.1, 0.15) is 0 Å². The molecular weight excluding hydrogens is 352 g/mol. The van der Waals surface area contributed by atoms with E-state index in [1.165, 1.54) is 0 Å². The highest BCUT2D eigenvalue weighted by molar-refractivity contribution is 5.63.